The van der Waals surface area contributed by atoms with E-state index in [0.29, 0.717) is 6.54 Å². The van der Waals surface area contributed by atoms with Gasteiger partial charge in [-0.2, -0.15) is 0 Å². The first-order valence-corrected chi connectivity index (χ1v) is 2.62. The predicted octanol–water partition coefficient (Wildman–Crippen LogP) is -1.72. The second kappa shape index (κ2) is 4.51. The summed E-state index contributed by atoms with van der Waals surface area (Å²) in [6.07, 6.45) is 1.53. The molecule has 5 nitrogen and oxygen atoms in total. The van der Waals surface area contributed by atoms with E-state index in [2.05, 4.69) is 17.7 Å². The summed E-state index contributed by atoms with van der Waals surface area (Å²) in [6.45, 7) is 3.76. The highest BCUT2D eigenvalue weighted by Crippen LogP contribution is 1.58. The first-order valence-electron chi connectivity index (χ1n) is 2.62. The van der Waals surface area contributed by atoms with E-state index in [0.717, 1.165) is 0 Å². The van der Waals surface area contributed by atoms with Gasteiger partial charge in [-0.1, -0.05) is 6.08 Å². The average molecular weight is 143 g/mol. The zero-order valence-electron chi connectivity index (χ0n) is 5.39. The number of hydrogen-bond donors (Lipinski definition) is 3. The Bertz CT molecular complexity index is 155. The molecular weight excluding hydrogens is 134 g/mol. The SMILES string of the molecule is C=CCNNC(=O)C(N)=O. The van der Waals surface area contributed by atoms with Gasteiger partial charge in [0.05, 0.1) is 0 Å². The molecule has 0 fully saturated rings. The molecule has 5 heteroatoms. The minimum absolute atomic E-state index is 0.388. The summed E-state index contributed by atoms with van der Waals surface area (Å²) in [5.74, 6) is -1.88. The highest BCUT2D eigenvalue weighted by atomic mass is 16.2. The topological polar surface area (TPSA) is 84.2 Å². The number of carbonyl (C=O) groups excluding carboxylic acids is 2. The van der Waals surface area contributed by atoms with Crippen LogP contribution in [0.1, 0.15) is 0 Å². The lowest BCUT2D eigenvalue weighted by Gasteiger charge is -1.99. The normalized spacial score (nSPS) is 8.40. The van der Waals surface area contributed by atoms with Crippen LogP contribution in [0.3, 0.4) is 0 Å². The van der Waals surface area contributed by atoms with Crippen LogP contribution < -0.4 is 16.6 Å². The molecule has 4 N–H and O–H groups in total. The van der Waals surface area contributed by atoms with Crippen molar-refractivity contribution in [2.45, 2.75) is 0 Å². The zero-order valence-corrected chi connectivity index (χ0v) is 5.39. The van der Waals surface area contributed by atoms with E-state index in [-0.39, 0.29) is 0 Å². The van der Waals surface area contributed by atoms with E-state index in [4.69, 9.17) is 0 Å². The molecule has 56 valence electrons. The Morgan fingerprint density at radius 3 is 2.60 bits per heavy atom. The maximum Gasteiger partial charge on any atom is 0.323 e. The van der Waals surface area contributed by atoms with Crippen LogP contribution in [-0.4, -0.2) is 18.4 Å². The van der Waals surface area contributed by atoms with Gasteiger partial charge < -0.3 is 5.73 Å². The van der Waals surface area contributed by atoms with Gasteiger partial charge in [-0.25, -0.2) is 5.43 Å². The average Bonchev–Trinajstić information content (AvgIpc) is 1.88. The van der Waals surface area contributed by atoms with Gasteiger partial charge >= 0.3 is 11.8 Å². The maximum atomic E-state index is 10.3. The summed E-state index contributed by atoms with van der Waals surface area (Å²) in [5, 5.41) is 0. The third-order valence-electron chi connectivity index (χ3n) is 0.672. The lowest BCUT2D eigenvalue weighted by Crippen LogP contribution is -2.44. The van der Waals surface area contributed by atoms with Crippen LogP contribution in [0, 0.1) is 0 Å². The molecule has 0 spiro atoms. The third-order valence-corrected chi connectivity index (χ3v) is 0.672. The van der Waals surface area contributed by atoms with Gasteiger partial charge in [0.25, 0.3) is 0 Å². The van der Waals surface area contributed by atoms with E-state index in [1.807, 2.05) is 5.43 Å². The molecular formula is C5H9N3O2. The maximum absolute atomic E-state index is 10.3. The number of nitrogens with one attached hydrogen (secondary N) is 2. The molecule has 0 radical (unpaired) electrons. The van der Waals surface area contributed by atoms with Crippen molar-refractivity contribution in [2.24, 2.45) is 5.73 Å². The van der Waals surface area contributed by atoms with Gasteiger partial charge in [-0.05, 0) is 0 Å². The lowest BCUT2D eigenvalue weighted by atomic mass is 10.6. The van der Waals surface area contributed by atoms with Crippen molar-refractivity contribution in [3.8, 4) is 0 Å². The monoisotopic (exact) mass is 143 g/mol. The van der Waals surface area contributed by atoms with Crippen LogP contribution in [0.2, 0.25) is 0 Å². The molecule has 0 bridgehead atoms. The van der Waals surface area contributed by atoms with Gasteiger partial charge in [0.15, 0.2) is 0 Å². The minimum atomic E-state index is -1.02. The summed E-state index contributed by atoms with van der Waals surface area (Å²) in [6, 6.07) is 0. The van der Waals surface area contributed by atoms with Crippen LogP contribution in [0.5, 0.6) is 0 Å². The lowest BCUT2D eigenvalue weighted by molar-refractivity contribution is -0.137. The standard InChI is InChI=1S/C5H9N3O2/c1-2-3-7-8-5(10)4(6)9/h2,7H,1,3H2,(H2,6,9)(H,8,10). The molecule has 0 unspecified atom stereocenters. The van der Waals surface area contributed by atoms with Crippen molar-refractivity contribution in [2.75, 3.05) is 6.54 Å². The Balaban J connectivity index is 3.40. The second-order valence-corrected chi connectivity index (χ2v) is 1.49. The molecule has 0 aliphatic rings. The van der Waals surface area contributed by atoms with Crippen molar-refractivity contribution >= 4 is 11.8 Å². The Kier molecular flexibility index (Phi) is 3.90. The molecule has 0 heterocycles. The van der Waals surface area contributed by atoms with E-state index < -0.39 is 11.8 Å². The summed E-state index contributed by atoms with van der Waals surface area (Å²) < 4.78 is 0. The Morgan fingerprint density at radius 2 is 2.20 bits per heavy atom. The van der Waals surface area contributed by atoms with Crippen molar-refractivity contribution in [3.63, 3.8) is 0 Å². The van der Waals surface area contributed by atoms with Gasteiger partial charge in [-0.3, -0.25) is 15.0 Å². The van der Waals surface area contributed by atoms with Crippen LogP contribution in [-0.2, 0) is 9.59 Å². The highest BCUT2D eigenvalue weighted by Gasteiger charge is 2.04. The summed E-state index contributed by atoms with van der Waals surface area (Å²) in [5.41, 5.74) is 9.05. The van der Waals surface area contributed by atoms with E-state index in [9.17, 15) is 9.59 Å². The molecule has 0 saturated carbocycles. The molecule has 0 aliphatic carbocycles. The second-order valence-electron chi connectivity index (χ2n) is 1.49. The fraction of sp³-hybridized carbons (Fsp3) is 0.200. The number of carbonyl (C=O) groups is 2. The van der Waals surface area contributed by atoms with Crippen LogP contribution >= 0.6 is 0 Å². The molecule has 0 aromatic rings. The minimum Gasteiger partial charge on any atom is -0.361 e. The predicted molar refractivity (Wildman–Crippen MR) is 35.5 cm³/mol. The highest BCUT2D eigenvalue weighted by molar-refractivity contribution is 6.34. The molecule has 0 atom stereocenters. The Hall–Kier alpha value is -1.36. The largest absolute Gasteiger partial charge is 0.361 e. The first kappa shape index (κ1) is 8.64. The van der Waals surface area contributed by atoms with E-state index >= 15 is 0 Å². The van der Waals surface area contributed by atoms with Crippen LogP contribution in [0.15, 0.2) is 12.7 Å². The van der Waals surface area contributed by atoms with Gasteiger partial charge in [-0.15, -0.1) is 6.58 Å². The number of nitrogens with two attached hydrogens (primary N) is 1. The molecule has 0 saturated heterocycles. The zero-order chi connectivity index (χ0) is 7.98. The van der Waals surface area contributed by atoms with Gasteiger partial charge in [0.1, 0.15) is 0 Å². The fourth-order valence-corrected chi connectivity index (χ4v) is 0.265. The van der Waals surface area contributed by atoms with Gasteiger partial charge in [0, 0.05) is 6.54 Å². The molecule has 0 aliphatic heterocycles. The van der Waals surface area contributed by atoms with Crippen molar-refractivity contribution in [1.82, 2.24) is 10.9 Å². The van der Waals surface area contributed by atoms with E-state index in [1.165, 1.54) is 6.08 Å². The summed E-state index contributed by atoms with van der Waals surface area (Å²) in [4.78, 5) is 20.4. The van der Waals surface area contributed by atoms with Crippen molar-refractivity contribution in [3.05, 3.63) is 12.7 Å². The van der Waals surface area contributed by atoms with Crippen molar-refractivity contribution < 1.29 is 9.59 Å². The Labute approximate surface area is 58.2 Å². The molecule has 0 aromatic heterocycles. The number of hydrazine groups is 1. The van der Waals surface area contributed by atoms with E-state index in [1.54, 1.807) is 0 Å². The molecule has 0 aromatic carbocycles. The Morgan fingerprint density at radius 1 is 1.60 bits per heavy atom. The summed E-state index contributed by atoms with van der Waals surface area (Å²) >= 11 is 0. The van der Waals surface area contributed by atoms with Gasteiger partial charge in [0.2, 0.25) is 0 Å². The molecule has 2 amide bonds. The first-order chi connectivity index (χ1) is 4.68. The number of primary amides is 1. The van der Waals surface area contributed by atoms with Crippen LogP contribution in [0.25, 0.3) is 0 Å². The summed E-state index contributed by atoms with van der Waals surface area (Å²) in [7, 11) is 0. The van der Waals surface area contributed by atoms with Crippen molar-refractivity contribution in [1.29, 1.82) is 0 Å². The number of rotatable bonds is 3. The smallest absolute Gasteiger partial charge is 0.323 e. The quantitative estimate of drug-likeness (QED) is 0.190. The fourth-order valence-electron chi connectivity index (χ4n) is 0.265. The molecule has 10 heavy (non-hydrogen) atoms. The third kappa shape index (κ3) is 3.62. The van der Waals surface area contributed by atoms with Crippen LogP contribution in [0.4, 0.5) is 0 Å². The molecule has 0 rings (SSSR count). The number of hydrogen-bond acceptors (Lipinski definition) is 3. The number of amides is 2.